The quantitative estimate of drug-likeness (QED) is 0.194. The second-order valence-electron chi connectivity index (χ2n) is 5.56. The minimum Gasteiger partial charge on any atom is -0.422 e. The van der Waals surface area contributed by atoms with Gasteiger partial charge in [-0.2, -0.15) is 9.68 Å². The molecule has 0 aliphatic carbocycles. The van der Waals surface area contributed by atoms with Crippen molar-refractivity contribution in [2.24, 2.45) is 0 Å². The van der Waals surface area contributed by atoms with E-state index in [0.717, 1.165) is 23.0 Å². The van der Waals surface area contributed by atoms with Gasteiger partial charge in [-0.05, 0) is 6.42 Å². The van der Waals surface area contributed by atoms with Crippen molar-refractivity contribution in [2.75, 3.05) is 35.0 Å². The Kier molecular flexibility index (Phi) is 15.8. The van der Waals surface area contributed by atoms with Gasteiger partial charge in [0.05, 0.1) is 26.1 Å². The molecule has 0 bridgehead atoms. The number of ether oxygens (including phenoxy) is 1. The van der Waals surface area contributed by atoms with Gasteiger partial charge >= 0.3 is 6.02 Å². The third-order valence-corrected chi connectivity index (χ3v) is 3.70. The Hall–Kier alpha value is -1.21. The first-order valence-electron chi connectivity index (χ1n) is 9.01. The molecule has 144 valence electrons. The number of rotatable bonds is 15. The zero-order chi connectivity index (χ0) is 18.0. The summed E-state index contributed by atoms with van der Waals surface area (Å²) in [6.07, 6.45) is 12.8. The standard InChI is InChI=1S/C17H37N2O5/c1-6-7-8-9-10-11-12-13-14-15-16-24-17(18(20-2)21-3)19(22-4)23-5/h6-16H2,1-5H3/q+1. The Bertz CT molecular complexity index is 303. The van der Waals surface area contributed by atoms with Crippen LogP contribution in [-0.2, 0) is 24.1 Å². The Morgan fingerprint density at radius 2 is 1.17 bits per heavy atom. The van der Waals surface area contributed by atoms with Gasteiger partial charge in [0.1, 0.15) is 14.2 Å². The van der Waals surface area contributed by atoms with Gasteiger partial charge in [0, 0.05) is 0 Å². The van der Waals surface area contributed by atoms with Crippen molar-refractivity contribution in [3.63, 3.8) is 0 Å². The van der Waals surface area contributed by atoms with Crippen molar-refractivity contribution in [3.05, 3.63) is 0 Å². The van der Waals surface area contributed by atoms with Crippen molar-refractivity contribution in [1.29, 1.82) is 0 Å². The average molecular weight is 349 g/mol. The van der Waals surface area contributed by atoms with Crippen LogP contribution in [0.25, 0.3) is 0 Å². The summed E-state index contributed by atoms with van der Waals surface area (Å²) in [5.74, 6) is 0. The number of unbranched alkanes of at least 4 members (excludes halogenated alkanes) is 9. The molecule has 0 heterocycles. The minimum atomic E-state index is 0.195. The molecule has 24 heavy (non-hydrogen) atoms. The van der Waals surface area contributed by atoms with Crippen molar-refractivity contribution < 1.29 is 29.0 Å². The molecule has 0 saturated carbocycles. The van der Waals surface area contributed by atoms with Gasteiger partial charge < -0.3 is 14.4 Å². The van der Waals surface area contributed by atoms with Gasteiger partial charge in [0.2, 0.25) is 0 Å². The van der Waals surface area contributed by atoms with Gasteiger partial charge in [-0.3, -0.25) is 0 Å². The van der Waals surface area contributed by atoms with Gasteiger partial charge in [0.15, 0.2) is 4.90 Å². The molecule has 0 spiro atoms. The van der Waals surface area contributed by atoms with Crippen LogP contribution in [0.5, 0.6) is 0 Å². The lowest BCUT2D eigenvalue weighted by molar-refractivity contribution is -0.965. The van der Waals surface area contributed by atoms with Crippen LogP contribution < -0.4 is 0 Å². The SMILES string of the molecule is CCCCCCCCCCCCOC(N(OC)OC)=[N+](OC)OC. The van der Waals surface area contributed by atoms with Crippen molar-refractivity contribution in [2.45, 2.75) is 71.1 Å². The van der Waals surface area contributed by atoms with Crippen LogP contribution >= 0.6 is 0 Å². The molecule has 0 fully saturated rings. The molecule has 7 nitrogen and oxygen atoms in total. The van der Waals surface area contributed by atoms with Crippen LogP contribution in [0.4, 0.5) is 0 Å². The smallest absolute Gasteiger partial charge is 0.422 e. The number of amidine groups is 1. The summed E-state index contributed by atoms with van der Waals surface area (Å²) in [7, 11) is 5.88. The molecule has 0 saturated heterocycles. The van der Waals surface area contributed by atoms with Crippen LogP contribution in [-0.4, -0.2) is 51.2 Å². The molecule has 0 radical (unpaired) electrons. The summed E-state index contributed by atoms with van der Waals surface area (Å²) in [5, 5.41) is 1.09. The van der Waals surface area contributed by atoms with Crippen molar-refractivity contribution in [3.8, 4) is 0 Å². The van der Waals surface area contributed by atoms with E-state index >= 15 is 0 Å². The topological polar surface area (TPSA) is 52.4 Å². The highest BCUT2D eigenvalue weighted by Gasteiger charge is 2.31. The van der Waals surface area contributed by atoms with Crippen LogP contribution in [0.15, 0.2) is 0 Å². The normalized spacial score (nSPS) is 10.4. The van der Waals surface area contributed by atoms with Crippen LogP contribution in [0.2, 0.25) is 0 Å². The summed E-state index contributed by atoms with van der Waals surface area (Å²) in [4.78, 5) is 21.3. The average Bonchev–Trinajstić information content (AvgIpc) is 2.61. The van der Waals surface area contributed by atoms with E-state index in [1.807, 2.05) is 0 Å². The maximum Gasteiger partial charge on any atom is 0.593 e. The molecule has 0 rings (SSSR count). The minimum absolute atomic E-state index is 0.195. The lowest BCUT2D eigenvalue weighted by Crippen LogP contribution is -2.38. The van der Waals surface area contributed by atoms with Gasteiger partial charge in [-0.25, -0.2) is 0 Å². The van der Waals surface area contributed by atoms with E-state index in [1.54, 1.807) is 0 Å². The maximum atomic E-state index is 5.67. The fraction of sp³-hybridized carbons (Fsp3) is 0.941. The zero-order valence-corrected chi connectivity index (χ0v) is 16.2. The number of hydrogen-bond acceptors (Lipinski definition) is 5. The summed E-state index contributed by atoms with van der Waals surface area (Å²) in [6, 6.07) is 0.195. The van der Waals surface area contributed by atoms with E-state index < -0.39 is 0 Å². The fourth-order valence-electron chi connectivity index (χ4n) is 2.39. The molecule has 0 N–H and O–H groups in total. The van der Waals surface area contributed by atoms with Crippen molar-refractivity contribution in [1.82, 2.24) is 5.23 Å². The molecule has 0 aliphatic heterocycles. The van der Waals surface area contributed by atoms with Crippen LogP contribution in [0.3, 0.4) is 0 Å². The molecule has 0 amide bonds. The Morgan fingerprint density at radius 3 is 1.58 bits per heavy atom. The van der Waals surface area contributed by atoms with Gasteiger partial charge in [-0.15, -0.1) is 0 Å². The highest BCUT2D eigenvalue weighted by molar-refractivity contribution is 5.65. The molecule has 0 atom stereocenters. The number of hydrogen-bond donors (Lipinski definition) is 0. The Morgan fingerprint density at radius 1 is 0.708 bits per heavy atom. The van der Waals surface area contributed by atoms with E-state index in [0.29, 0.717) is 6.61 Å². The fourth-order valence-corrected chi connectivity index (χ4v) is 2.39. The van der Waals surface area contributed by atoms with Gasteiger partial charge in [-0.1, -0.05) is 64.7 Å². The van der Waals surface area contributed by atoms with Crippen LogP contribution in [0, 0.1) is 0 Å². The summed E-state index contributed by atoms with van der Waals surface area (Å²) >= 11 is 0. The molecule has 0 aromatic rings. The Labute approximate surface area is 147 Å². The molecule has 0 unspecified atom stereocenters. The largest absolute Gasteiger partial charge is 0.593 e. The van der Waals surface area contributed by atoms with Crippen LogP contribution in [0.1, 0.15) is 71.1 Å². The van der Waals surface area contributed by atoms with E-state index in [4.69, 9.17) is 24.1 Å². The summed E-state index contributed by atoms with van der Waals surface area (Å²) < 4.78 is 5.67. The van der Waals surface area contributed by atoms with E-state index in [2.05, 4.69) is 6.92 Å². The van der Waals surface area contributed by atoms with E-state index in [9.17, 15) is 0 Å². The molecule has 7 heteroatoms. The first kappa shape index (κ1) is 22.8. The lowest BCUT2D eigenvalue weighted by atomic mass is 10.1. The predicted molar refractivity (Wildman–Crippen MR) is 92.9 cm³/mol. The highest BCUT2D eigenvalue weighted by Crippen LogP contribution is 2.10. The third-order valence-electron chi connectivity index (χ3n) is 3.70. The second kappa shape index (κ2) is 16.6. The maximum absolute atomic E-state index is 5.67. The van der Waals surface area contributed by atoms with Gasteiger partial charge in [0.25, 0.3) is 0 Å². The van der Waals surface area contributed by atoms with E-state index in [-0.39, 0.29) is 6.02 Å². The molecular formula is C17H37N2O5+. The first-order chi connectivity index (χ1) is 11.7. The first-order valence-corrected chi connectivity index (χ1v) is 9.01. The van der Waals surface area contributed by atoms with Crippen molar-refractivity contribution >= 4 is 6.02 Å². The molecule has 0 aliphatic rings. The highest BCUT2D eigenvalue weighted by atomic mass is 17.0. The predicted octanol–water partition coefficient (Wildman–Crippen LogP) is 3.84. The Balaban J connectivity index is 3.87. The number of nitrogens with zero attached hydrogens (tertiary/aromatic N) is 2. The zero-order valence-electron chi connectivity index (χ0n) is 16.2. The van der Waals surface area contributed by atoms with E-state index in [1.165, 1.54) is 79.8 Å². The molecule has 0 aromatic carbocycles. The molecule has 0 aromatic heterocycles. The second-order valence-corrected chi connectivity index (χ2v) is 5.56. The third kappa shape index (κ3) is 10.5. The summed E-state index contributed by atoms with van der Waals surface area (Å²) in [5.41, 5.74) is 0. The molecular weight excluding hydrogens is 312 g/mol. The number of hydroxylamine groups is 2. The monoisotopic (exact) mass is 349 g/mol. The lowest BCUT2D eigenvalue weighted by Gasteiger charge is -2.12. The summed E-state index contributed by atoms with van der Waals surface area (Å²) in [6.45, 7) is 2.79.